The molecule has 5 heteroatoms. The summed E-state index contributed by atoms with van der Waals surface area (Å²) in [7, 11) is 1.55. The van der Waals surface area contributed by atoms with Crippen LogP contribution in [0.4, 0.5) is 8.78 Å². The molecule has 1 amide bonds. The molecule has 1 atom stereocenters. The van der Waals surface area contributed by atoms with E-state index >= 15 is 0 Å². The molecule has 1 aromatic carbocycles. The van der Waals surface area contributed by atoms with Crippen LogP contribution in [0.3, 0.4) is 0 Å². The minimum atomic E-state index is -0.720. The number of carbonyl (C=O) groups excluding carboxylic acids is 1. The zero-order valence-electron chi connectivity index (χ0n) is 11.2. The maximum Gasteiger partial charge on any atom is 0.254 e. The number of benzene rings is 1. The van der Waals surface area contributed by atoms with Crippen molar-refractivity contribution in [2.75, 3.05) is 7.05 Å². The monoisotopic (exact) mass is 276 g/mol. The molecule has 1 unspecified atom stereocenters. The maximum absolute atomic E-state index is 13.7. The van der Waals surface area contributed by atoms with Crippen LogP contribution in [-0.4, -0.2) is 22.8 Å². The zero-order chi connectivity index (χ0) is 14.7. The van der Waals surface area contributed by atoms with Gasteiger partial charge in [-0.1, -0.05) is 18.2 Å². The molecular formula is C15H14F2N2O. The van der Waals surface area contributed by atoms with Crippen LogP contribution in [0.25, 0.3) is 0 Å². The second kappa shape index (κ2) is 5.77. The van der Waals surface area contributed by atoms with Gasteiger partial charge < -0.3 is 4.90 Å². The molecule has 0 radical (unpaired) electrons. The number of hydrogen-bond acceptors (Lipinski definition) is 2. The van der Waals surface area contributed by atoms with Crippen molar-refractivity contribution in [3.05, 3.63) is 65.5 Å². The molecule has 104 valence electrons. The fourth-order valence-electron chi connectivity index (χ4n) is 1.94. The normalized spacial score (nSPS) is 12.0. The van der Waals surface area contributed by atoms with Crippen molar-refractivity contribution in [2.24, 2.45) is 0 Å². The molecule has 2 aromatic rings. The molecule has 1 heterocycles. The molecule has 0 saturated carbocycles. The van der Waals surface area contributed by atoms with Crippen molar-refractivity contribution in [3.63, 3.8) is 0 Å². The number of amides is 1. The van der Waals surface area contributed by atoms with Crippen LogP contribution in [-0.2, 0) is 0 Å². The lowest BCUT2D eigenvalue weighted by Gasteiger charge is -2.25. The van der Waals surface area contributed by atoms with Gasteiger partial charge in [0.05, 0.1) is 6.04 Å². The van der Waals surface area contributed by atoms with Gasteiger partial charge in [0.15, 0.2) is 0 Å². The van der Waals surface area contributed by atoms with Crippen LogP contribution in [0.5, 0.6) is 0 Å². The van der Waals surface area contributed by atoms with Crippen LogP contribution in [0.2, 0.25) is 0 Å². The molecule has 0 aliphatic carbocycles. The Morgan fingerprint density at radius 1 is 1.25 bits per heavy atom. The molecule has 1 aromatic heterocycles. The van der Waals surface area contributed by atoms with Crippen molar-refractivity contribution in [3.8, 4) is 0 Å². The van der Waals surface area contributed by atoms with Crippen molar-refractivity contribution in [1.82, 2.24) is 9.88 Å². The molecule has 0 spiro atoms. The predicted octanol–water partition coefficient (Wildman–Crippen LogP) is 3.19. The molecule has 20 heavy (non-hydrogen) atoms. The molecule has 0 saturated heterocycles. The molecule has 0 bridgehead atoms. The number of aromatic nitrogens is 1. The number of pyridine rings is 1. The third-order valence-corrected chi connectivity index (χ3v) is 3.23. The lowest BCUT2D eigenvalue weighted by Crippen LogP contribution is -2.30. The lowest BCUT2D eigenvalue weighted by atomic mass is 10.1. The summed E-state index contributed by atoms with van der Waals surface area (Å²) in [6.07, 6.45) is 1.23. The Bertz CT molecular complexity index is 631. The average molecular weight is 276 g/mol. The first kappa shape index (κ1) is 14.1. The topological polar surface area (TPSA) is 33.2 Å². The van der Waals surface area contributed by atoms with Crippen LogP contribution in [0, 0.1) is 11.8 Å². The fraction of sp³-hybridized carbons (Fsp3) is 0.200. The zero-order valence-corrected chi connectivity index (χ0v) is 11.2. The van der Waals surface area contributed by atoms with E-state index in [1.165, 1.54) is 23.2 Å². The highest BCUT2D eigenvalue weighted by Gasteiger charge is 2.21. The number of rotatable bonds is 3. The summed E-state index contributed by atoms with van der Waals surface area (Å²) in [5.74, 6) is -1.48. The van der Waals surface area contributed by atoms with Crippen molar-refractivity contribution in [2.45, 2.75) is 13.0 Å². The first-order valence-corrected chi connectivity index (χ1v) is 6.14. The van der Waals surface area contributed by atoms with Crippen molar-refractivity contribution >= 4 is 5.91 Å². The highest BCUT2D eigenvalue weighted by molar-refractivity contribution is 5.94. The fourth-order valence-corrected chi connectivity index (χ4v) is 1.94. The minimum absolute atomic E-state index is 0.184. The molecule has 0 aliphatic rings. The number of carbonyl (C=O) groups is 1. The van der Waals surface area contributed by atoms with E-state index in [2.05, 4.69) is 4.98 Å². The van der Waals surface area contributed by atoms with E-state index in [0.717, 1.165) is 6.07 Å². The van der Waals surface area contributed by atoms with Gasteiger partial charge in [0, 0.05) is 30.4 Å². The number of nitrogens with zero attached hydrogens (tertiary/aromatic N) is 2. The summed E-state index contributed by atoms with van der Waals surface area (Å²) in [4.78, 5) is 17.0. The van der Waals surface area contributed by atoms with Gasteiger partial charge in [-0.3, -0.25) is 4.79 Å². The molecule has 2 rings (SSSR count). The number of halogens is 2. The minimum Gasteiger partial charge on any atom is -0.335 e. The highest BCUT2D eigenvalue weighted by Crippen LogP contribution is 2.23. The highest BCUT2D eigenvalue weighted by atomic mass is 19.1. The van der Waals surface area contributed by atoms with E-state index in [4.69, 9.17) is 0 Å². The van der Waals surface area contributed by atoms with E-state index in [1.807, 2.05) is 0 Å². The van der Waals surface area contributed by atoms with E-state index < -0.39 is 12.0 Å². The van der Waals surface area contributed by atoms with E-state index in [9.17, 15) is 13.6 Å². The average Bonchev–Trinajstić information content (AvgIpc) is 2.45. The van der Waals surface area contributed by atoms with Gasteiger partial charge in [-0.05, 0) is 19.1 Å². The van der Waals surface area contributed by atoms with Gasteiger partial charge >= 0.3 is 0 Å². The van der Waals surface area contributed by atoms with Crippen molar-refractivity contribution < 1.29 is 13.6 Å². The third-order valence-electron chi connectivity index (χ3n) is 3.23. The Balaban J connectivity index is 2.25. The van der Waals surface area contributed by atoms with Gasteiger partial charge in [-0.15, -0.1) is 0 Å². The second-order valence-corrected chi connectivity index (χ2v) is 4.48. The summed E-state index contributed by atoms with van der Waals surface area (Å²) in [5, 5.41) is 0. The standard InChI is InChI=1S/C15H14F2N2O/c1-10(12-5-3-4-6-13(12)16)19(2)15(20)11-7-8-18-14(17)9-11/h3-10H,1-2H3. The quantitative estimate of drug-likeness (QED) is 0.807. The van der Waals surface area contributed by atoms with Crippen LogP contribution in [0.1, 0.15) is 28.9 Å². The van der Waals surface area contributed by atoms with Crippen LogP contribution in [0.15, 0.2) is 42.6 Å². The van der Waals surface area contributed by atoms with E-state index in [-0.39, 0.29) is 17.3 Å². The largest absolute Gasteiger partial charge is 0.335 e. The van der Waals surface area contributed by atoms with Crippen LogP contribution >= 0.6 is 0 Å². The smallest absolute Gasteiger partial charge is 0.254 e. The molecule has 0 fully saturated rings. The Hall–Kier alpha value is -2.30. The van der Waals surface area contributed by atoms with Crippen LogP contribution < -0.4 is 0 Å². The molecule has 0 aliphatic heterocycles. The van der Waals surface area contributed by atoms with Gasteiger partial charge in [-0.25, -0.2) is 9.37 Å². The van der Waals surface area contributed by atoms with Gasteiger partial charge in [0.2, 0.25) is 5.95 Å². The van der Waals surface area contributed by atoms with Gasteiger partial charge in [-0.2, -0.15) is 4.39 Å². The molecular weight excluding hydrogens is 262 g/mol. The number of hydrogen-bond donors (Lipinski definition) is 0. The predicted molar refractivity (Wildman–Crippen MR) is 71.1 cm³/mol. The van der Waals surface area contributed by atoms with E-state index in [1.54, 1.807) is 32.2 Å². The molecule has 0 N–H and O–H groups in total. The first-order valence-electron chi connectivity index (χ1n) is 6.14. The summed E-state index contributed by atoms with van der Waals surface area (Å²) in [6.45, 7) is 1.72. The summed E-state index contributed by atoms with van der Waals surface area (Å²) < 4.78 is 26.8. The summed E-state index contributed by atoms with van der Waals surface area (Å²) in [6, 6.07) is 8.29. The summed E-state index contributed by atoms with van der Waals surface area (Å²) in [5.41, 5.74) is 0.598. The SMILES string of the molecule is CC(c1ccccc1F)N(C)C(=O)c1ccnc(F)c1. The third kappa shape index (κ3) is 2.82. The summed E-state index contributed by atoms with van der Waals surface area (Å²) >= 11 is 0. The van der Waals surface area contributed by atoms with Crippen molar-refractivity contribution in [1.29, 1.82) is 0 Å². The Labute approximate surface area is 115 Å². The van der Waals surface area contributed by atoms with Gasteiger partial charge in [0.25, 0.3) is 5.91 Å². The van der Waals surface area contributed by atoms with Gasteiger partial charge in [0.1, 0.15) is 5.82 Å². The lowest BCUT2D eigenvalue weighted by molar-refractivity contribution is 0.0739. The second-order valence-electron chi connectivity index (χ2n) is 4.48. The Kier molecular flexibility index (Phi) is 4.08. The Morgan fingerprint density at radius 3 is 2.60 bits per heavy atom. The van der Waals surface area contributed by atoms with E-state index in [0.29, 0.717) is 5.56 Å². The Morgan fingerprint density at radius 2 is 1.95 bits per heavy atom. The molecule has 3 nitrogen and oxygen atoms in total. The first-order chi connectivity index (χ1) is 9.50. The maximum atomic E-state index is 13.7.